The van der Waals surface area contributed by atoms with E-state index >= 15 is 0 Å². The van der Waals surface area contributed by atoms with Gasteiger partial charge in [0.2, 0.25) is 0 Å². The van der Waals surface area contributed by atoms with Crippen LogP contribution in [0.15, 0.2) is 0 Å². The Balaban J connectivity index is 2.32. The highest BCUT2D eigenvalue weighted by Gasteiger charge is 2.22. The lowest BCUT2D eigenvalue weighted by atomic mass is 10.0. The normalized spacial score (nSPS) is 28.1. The SMILES string of the molecule is CC1CCCC(NCC(C)(C)N(C)C)CC1. The summed E-state index contributed by atoms with van der Waals surface area (Å²) in [5.74, 6) is 0.939. The van der Waals surface area contributed by atoms with E-state index in [1.807, 2.05) is 0 Å². The van der Waals surface area contributed by atoms with Crippen LogP contribution in [0.3, 0.4) is 0 Å². The van der Waals surface area contributed by atoms with Crippen molar-refractivity contribution in [3.8, 4) is 0 Å². The molecule has 1 fully saturated rings. The maximum atomic E-state index is 3.76. The second-order valence-electron chi connectivity index (χ2n) is 6.40. The molecule has 1 aliphatic carbocycles. The predicted molar refractivity (Wildman–Crippen MR) is 71.8 cm³/mol. The smallest absolute Gasteiger partial charge is 0.0271 e. The first-order chi connectivity index (χ1) is 7.42. The third kappa shape index (κ3) is 4.42. The predicted octanol–water partition coefficient (Wildman–Crippen LogP) is 2.89. The van der Waals surface area contributed by atoms with Gasteiger partial charge in [-0.3, -0.25) is 0 Å². The molecular formula is C14H30N2. The minimum absolute atomic E-state index is 0.262. The standard InChI is InChI=1S/C14H30N2/c1-12-7-6-8-13(10-9-12)15-11-14(2,3)16(4)5/h12-13,15H,6-11H2,1-5H3. The molecule has 0 spiro atoms. The monoisotopic (exact) mass is 226 g/mol. The molecule has 0 aromatic heterocycles. The average molecular weight is 226 g/mol. The molecule has 1 aliphatic rings. The van der Waals surface area contributed by atoms with E-state index in [-0.39, 0.29) is 5.54 Å². The molecule has 0 saturated heterocycles. The molecular weight excluding hydrogens is 196 g/mol. The topological polar surface area (TPSA) is 15.3 Å². The summed E-state index contributed by atoms with van der Waals surface area (Å²) in [6.07, 6.45) is 6.97. The largest absolute Gasteiger partial charge is 0.312 e. The molecule has 2 atom stereocenters. The third-order valence-corrected chi connectivity index (χ3v) is 4.29. The zero-order valence-corrected chi connectivity index (χ0v) is 11.8. The van der Waals surface area contributed by atoms with E-state index in [1.165, 1.54) is 32.1 Å². The van der Waals surface area contributed by atoms with E-state index in [2.05, 4.69) is 45.1 Å². The van der Waals surface area contributed by atoms with Crippen molar-refractivity contribution < 1.29 is 0 Å². The van der Waals surface area contributed by atoms with Gasteiger partial charge in [-0.25, -0.2) is 0 Å². The number of hydrogen-bond donors (Lipinski definition) is 1. The number of nitrogens with one attached hydrogen (secondary N) is 1. The fraction of sp³-hybridized carbons (Fsp3) is 1.00. The fourth-order valence-electron chi connectivity index (χ4n) is 2.24. The van der Waals surface area contributed by atoms with Crippen LogP contribution in [0.4, 0.5) is 0 Å². The first-order valence-electron chi connectivity index (χ1n) is 6.82. The molecule has 1 rings (SSSR count). The lowest BCUT2D eigenvalue weighted by molar-refractivity contribution is 0.182. The van der Waals surface area contributed by atoms with Crippen LogP contribution in [0, 0.1) is 5.92 Å². The third-order valence-electron chi connectivity index (χ3n) is 4.29. The van der Waals surface area contributed by atoms with Crippen molar-refractivity contribution in [3.05, 3.63) is 0 Å². The zero-order chi connectivity index (χ0) is 12.2. The van der Waals surface area contributed by atoms with Gasteiger partial charge in [-0.15, -0.1) is 0 Å². The maximum Gasteiger partial charge on any atom is 0.0271 e. The summed E-state index contributed by atoms with van der Waals surface area (Å²) in [5.41, 5.74) is 0.262. The summed E-state index contributed by atoms with van der Waals surface area (Å²) in [7, 11) is 4.33. The summed E-state index contributed by atoms with van der Waals surface area (Å²) in [5, 5.41) is 3.76. The summed E-state index contributed by atoms with van der Waals surface area (Å²) in [4.78, 5) is 2.30. The van der Waals surface area contributed by atoms with Crippen molar-refractivity contribution in [2.45, 2.75) is 64.5 Å². The highest BCUT2D eigenvalue weighted by molar-refractivity contribution is 4.83. The molecule has 0 bridgehead atoms. The summed E-state index contributed by atoms with van der Waals surface area (Å²) in [6, 6.07) is 0.754. The molecule has 1 N–H and O–H groups in total. The molecule has 1 saturated carbocycles. The number of rotatable bonds is 4. The van der Waals surface area contributed by atoms with E-state index in [0.29, 0.717) is 0 Å². The summed E-state index contributed by atoms with van der Waals surface area (Å²) >= 11 is 0. The molecule has 0 aromatic rings. The first-order valence-corrected chi connectivity index (χ1v) is 6.82. The van der Waals surface area contributed by atoms with Gasteiger partial charge in [0.1, 0.15) is 0 Å². The van der Waals surface area contributed by atoms with Crippen LogP contribution in [0.1, 0.15) is 52.9 Å². The molecule has 0 amide bonds. The second kappa shape index (κ2) is 6.02. The highest BCUT2D eigenvalue weighted by atomic mass is 15.2. The molecule has 96 valence electrons. The van der Waals surface area contributed by atoms with Crippen molar-refractivity contribution in [1.29, 1.82) is 0 Å². The van der Waals surface area contributed by atoms with Gasteiger partial charge in [0, 0.05) is 18.1 Å². The van der Waals surface area contributed by atoms with Crippen molar-refractivity contribution in [2.24, 2.45) is 5.92 Å². The number of hydrogen-bond acceptors (Lipinski definition) is 2. The number of nitrogens with zero attached hydrogens (tertiary/aromatic N) is 1. The molecule has 2 nitrogen and oxygen atoms in total. The van der Waals surface area contributed by atoms with Gasteiger partial charge in [-0.05, 0) is 53.1 Å². The summed E-state index contributed by atoms with van der Waals surface area (Å²) in [6.45, 7) is 8.10. The maximum absolute atomic E-state index is 3.76. The van der Waals surface area contributed by atoms with Crippen LogP contribution in [0.25, 0.3) is 0 Å². The lowest BCUT2D eigenvalue weighted by Gasteiger charge is -2.34. The van der Waals surface area contributed by atoms with E-state index in [1.54, 1.807) is 0 Å². The van der Waals surface area contributed by atoms with E-state index < -0.39 is 0 Å². The Bertz CT molecular complexity index is 199. The Labute approximate surface area is 102 Å². The molecule has 0 aliphatic heterocycles. The van der Waals surface area contributed by atoms with Crippen LogP contribution >= 0.6 is 0 Å². The zero-order valence-electron chi connectivity index (χ0n) is 11.8. The molecule has 16 heavy (non-hydrogen) atoms. The number of likely N-dealkylation sites (N-methyl/N-ethyl adjacent to an activating group) is 1. The minimum Gasteiger partial charge on any atom is -0.312 e. The molecule has 2 heteroatoms. The van der Waals surface area contributed by atoms with Gasteiger partial charge >= 0.3 is 0 Å². The minimum atomic E-state index is 0.262. The second-order valence-corrected chi connectivity index (χ2v) is 6.40. The van der Waals surface area contributed by atoms with Gasteiger partial charge in [0.15, 0.2) is 0 Å². The van der Waals surface area contributed by atoms with E-state index in [0.717, 1.165) is 18.5 Å². The van der Waals surface area contributed by atoms with E-state index in [4.69, 9.17) is 0 Å². The summed E-state index contributed by atoms with van der Waals surface area (Å²) < 4.78 is 0. The molecule has 2 unspecified atom stereocenters. The average Bonchev–Trinajstić information content (AvgIpc) is 2.40. The van der Waals surface area contributed by atoms with Crippen molar-refractivity contribution in [3.63, 3.8) is 0 Å². The van der Waals surface area contributed by atoms with Crippen molar-refractivity contribution >= 4 is 0 Å². The Morgan fingerprint density at radius 3 is 2.44 bits per heavy atom. The Hall–Kier alpha value is -0.0800. The van der Waals surface area contributed by atoms with Gasteiger partial charge in [0.05, 0.1) is 0 Å². The molecule has 0 radical (unpaired) electrons. The molecule has 0 aromatic carbocycles. The van der Waals surface area contributed by atoms with Crippen LogP contribution < -0.4 is 5.32 Å². The fourth-order valence-corrected chi connectivity index (χ4v) is 2.24. The highest BCUT2D eigenvalue weighted by Crippen LogP contribution is 2.23. The van der Waals surface area contributed by atoms with Crippen LogP contribution in [-0.2, 0) is 0 Å². The van der Waals surface area contributed by atoms with Gasteiger partial charge in [-0.2, -0.15) is 0 Å². The molecule has 0 heterocycles. The first kappa shape index (κ1) is 14.0. The van der Waals surface area contributed by atoms with Gasteiger partial charge < -0.3 is 10.2 Å². The Kier molecular flexibility index (Phi) is 5.26. The van der Waals surface area contributed by atoms with Gasteiger partial charge in [0.25, 0.3) is 0 Å². The van der Waals surface area contributed by atoms with Crippen LogP contribution in [0.2, 0.25) is 0 Å². The van der Waals surface area contributed by atoms with Crippen molar-refractivity contribution in [2.75, 3.05) is 20.6 Å². The lowest BCUT2D eigenvalue weighted by Crippen LogP contribution is -2.49. The van der Waals surface area contributed by atoms with Gasteiger partial charge in [-0.1, -0.05) is 19.8 Å². The van der Waals surface area contributed by atoms with E-state index in [9.17, 15) is 0 Å². The quantitative estimate of drug-likeness (QED) is 0.742. The van der Waals surface area contributed by atoms with Crippen LogP contribution in [-0.4, -0.2) is 37.1 Å². The van der Waals surface area contributed by atoms with Crippen LogP contribution in [0.5, 0.6) is 0 Å². The Morgan fingerprint density at radius 2 is 1.81 bits per heavy atom. The van der Waals surface area contributed by atoms with Crippen molar-refractivity contribution in [1.82, 2.24) is 10.2 Å². The Morgan fingerprint density at radius 1 is 1.12 bits per heavy atom.